The molecule has 2 heterocycles. The monoisotopic (exact) mass is 281 g/mol. The van der Waals surface area contributed by atoms with Gasteiger partial charge in [0.05, 0.1) is 0 Å². The lowest BCUT2D eigenvalue weighted by Crippen LogP contribution is -2.37. The van der Waals surface area contributed by atoms with E-state index in [1.54, 1.807) is 0 Å². The Balaban J connectivity index is 2.01. The highest BCUT2D eigenvalue weighted by atomic mass is 16.5. The number of hydrogen-bond donors (Lipinski definition) is 2. The molecule has 0 atom stereocenters. The van der Waals surface area contributed by atoms with Crippen molar-refractivity contribution >= 4 is 0 Å². The van der Waals surface area contributed by atoms with E-state index in [4.69, 9.17) is 9.47 Å². The summed E-state index contributed by atoms with van der Waals surface area (Å²) in [7, 11) is 0. The van der Waals surface area contributed by atoms with Crippen molar-refractivity contribution in [3.8, 4) is 0 Å². The van der Waals surface area contributed by atoms with E-state index in [-0.39, 0.29) is 5.60 Å². The molecule has 2 N–H and O–H groups in total. The average molecular weight is 281 g/mol. The molecular formula is C15H27N3O2. The van der Waals surface area contributed by atoms with Crippen LogP contribution >= 0.6 is 0 Å². The molecule has 0 aromatic carbocycles. The summed E-state index contributed by atoms with van der Waals surface area (Å²) in [6, 6.07) is 0. The molecule has 114 valence electrons. The molecule has 0 radical (unpaired) electrons. The van der Waals surface area contributed by atoms with Crippen LogP contribution in [0.4, 0.5) is 0 Å². The van der Waals surface area contributed by atoms with Crippen LogP contribution in [0.2, 0.25) is 0 Å². The molecule has 0 bridgehead atoms. The zero-order chi connectivity index (χ0) is 14.4. The highest BCUT2D eigenvalue weighted by molar-refractivity contribution is 5.10. The van der Waals surface area contributed by atoms with Gasteiger partial charge in [-0.2, -0.15) is 0 Å². The van der Waals surface area contributed by atoms with Crippen LogP contribution in [-0.4, -0.2) is 36.3 Å². The number of rotatable bonds is 7. The first-order chi connectivity index (χ1) is 9.66. The van der Waals surface area contributed by atoms with E-state index in [0.29, 0.717) is 12.5 Å². The number of hydrogen-bond acceptors (Lipinski definition) is 4. The first-order valence-electron chi connectivity index (χ1n) is 7.63. The van der Waals surface area contributed by atoms with Gasteiger partial charge in [-0.3, -0.25) is 0 Å². The smallest absolute Gasteiger partial charge is 0.138 e. The van der Waals surface area contributed by atoms with Crippen LogP contribution in [0.1, 0.15) is 45.1 Å². The molecule has 1 aromatic heterocycles. The van der Waals surface area contributed by atoms with E-state index in [2.05, 4.69) is 29.1 Å². The van der Waals surface area contributed by atoms with Gasteiger partial charge >= 0.3 is 0 Å². The van der Waals surface area contributed by atoms with Gasteiger partial charge in [0.2, 0.25) is 0 Å². The summed E-state index contributed by atoms with van der Waals surface area (Å²) in [4.78, 5) is 7.98. The van der Waals surface area contributed by atoms with Crippen molar-refractivity contribution in [1.29, 1.82) is 0 Å². The largest absolute Gasteiger partial charge is 0.381 e. The summed E-state index contributed by atoms with van der Waals surface area (Å²) < 4.78 is 11.5. The summed E-state index contributed by atoms with van der Waals surface area (Å²) in [6.45, 7) is 10.5. The number of nitrogens with zero attached hydrogens (tertiary/aromatic N) is 1. The maximum absolute atomic E-state index is 6.02. The van der Waals surface area contributed by atoms with Gasteiger partial charge in [-0.05, 0) is 19.4 Å². The zero-order valence-corrected chi connectivity index (χ0v) is 12.9. The summed E-state index contributed by atoms with van der Waals surface area (Å²) in [5.74, 6) is 1.60. The Morgan fingerprint density at radius 2 is 2.20 bits per heavy atom. The molecule has 0 amide bonds. The Morgan fingerprint density at radius 3 is 2.85 bits per heavy atom. The predicted molar refractivity (Wildman–Crippen MR) is 78.5 cm³/mol. The lowest BCUT2D eigenvalue weighted by Gasteiger charge is -2.35. The fourth-order valence-electron chi connectivity index (χ4n) is 2.60. The van der Waals surface area contributed by atoms with Crippen LogP contribution in [-0.2, 0) is 21.6 Å². The van der Waals surface area contributed by atoms with Crippen molar-refractivity contribution in [1.82, 2.24) is 15.3 Å². The van der Waals surface area contributed by atoms with E-state index < -0.39 is 0 Å². The molecule has 20 heavy (non-hydrogen) atoms. The maximum Gasteiger partial charge on any atom is 0.138 e. The number of aromatic amines is 1. The quantitative estimate of drug-likeness (QED) is 0.804. The number of imidazole rings is 1. The van der Waals surface area contributed by atoms with Crippen molar-refractivity contribution in [2.45, 2.75) is 45.8 Å². The van der Waals surface area contributed by atoms with Gasteiger partial charge in [-0.15, -0.1) is 0 Å². The Morgan fingerprint density at radius 1 is 1.45 bits per heavy atom. The minimum absolute atomic E-state index is 0.288. The molecule has 1 fully saturated rings. The van der Waals surface area contributed by atoms with Gasteiger partial charge in [0.1, 0.15) is 11.4 Å². The van der Waals surface area contributed by atoms with Crippen molar-refractivity contribution < 1.29 is 9.47 Å². The van der Waals surface area contributed by atoms with Crippen LogP contribution in [0.25, 0.3) is 0 Å². The van der Waals surface area contributed by atoms with Gasteiger partial charge in [0, 0.05) is 51.1 Å². The van der Waals surface area contributed by atoms with E-state index in [9.17, 15) is 0 Å². The van der Waals surface area contributed by atoms with Gasteiger partial charge < -0.3 is 19.8 Å². The third kappa shape index (κ3) is 3.81. The van der Waals surface area contributed by atoms with Crippen molar-refractivity contribution in [2.75, 3.05) is 26.4 Å². The second-order valence-electron chi connectivity index (χ2n) is 5.82. The lowest BCUT2D eigenvalue weighted by atomic mass is 9.93. The third-order valence-electron chi connectivity index (χ3n) is 3.65. The first kappa shape index (κ1) is 15.5. The molecule has 5 nitrogen and oxygen atoms in total. The van der Waals surface area contributed by atoms with Crippen LogP contribution in [0.15, 0.2) is 6.20 Å². The molecule has 1 aromatic rings. The van der Waals surface area contributed by atoms with Crippen molar-refractivity contribution in [3.05, 3.63) is 17.7 Å². The topological polar surface area (TPSA) is 59.2 Å². The standard InChI is InChI=1S/C15H27N3O2/c1-4-20-15(5-7-19-8-6-15)14-17-11-13(18-14)10-16-9-12(2)3/h11-12,16H,4-10H2,1-3H3,(H,17,18). The molecule has 1 saturated heterocycles. The van der Waals surface area contributed by atoms with Gasteiger partial charge in [0.25, 0.3) is 0 Å². The van der Waals surface area contributed by atoms with Crippen LogP contribution in [0, 0.1) is 5.92 Å². The average Bonchev–Trinajstić information content (AvgIpc) is 2.89. The van der Waals surface area contributed by atoms with Gasteiger partial charge in [0.15, 0.2) is 0 Å². The van der Waals surface area contributed by atoms with E-state index in [1.807, 2.05) is 13.1 Å². The fourth-order valence-corrected chi connectivity index (χ4v) is 2.60. The number of ether oxygens (including phenoxy) is 2. The SMILES string of the molecule is CCOC1(c2ncc(CNCC(C)C)[nH]2)CCOCC1. The number of nitrogens with one attached hydrogen (secondary N) is 2. The van der Waals surface area contributed by atoms with E-state index in [0.717, 1.165) is 50.7 Å². The Hall–Kier alpha value is -0.910. The van der Waals surface area contributed by atoms with Crippen molar-refractivity contribution in [3.63, 3.8) is 0 Å². The molecule has 1 aliphatic heterocycles. The number of aromatic nitrogens is 2. The summed E-state index contributed by atoms with van der Waals surface area (Å²) in [5, 5.41) is 3.43. The minimum atomic E-state index is -0.288. The third-order valence-corrected chi connectivity index (χ3v) is 3.65. The number of H-pyrrole nitrogens is 1. The van der Waals surface area contributed by atoms with Crippen molar-refractivity contribution in [2.24, 2.45) is 5.92 Å². The maximum atomic E-state index is 6.02. The van der Waals surface area contributed by atoms with E-state index in [1.165, 1.54) is 0 Å². The highest BCUT2D eigenvalue weighted by Crippen LogP contribution is 2.34. The molecule has 0 unspecified atom stereocenters. The van der Waals surface area contributed by atoms with Crippen LogP contribution < -0.4 is 5.32 Å². The summed E-state index contributed by atoms with van der Waals surface area (Å²) in [5.41, 5.74) is 0.828. The molecule has 5 heteroatoms. The Bertz CT molecular complexity index is 392. The van der Waals surface area contributed by atoms with Gasteiger partial charge in [-0.1, -0.05) is 13.8 Å². The second kappa shape index (κ2) is 7.20. The second-order valence-corrected chi connectivity index (χ2v) is 5.82. The molecule has 2 rings (SSSR count). The van der Waals surface area contributed by atoms with E-state index >= 15 is 0 Å². The Kier molecular flexibility index (Phi) is 5.57. The highest BCUT2D eigenvalue weighted by Gasteiger charge is 2.37. The predicted octanol–water partition coefficient (Wildman–Crippen LogP) is 2.20. The normalized spacial score (nSPS) is 18.6. The summed E-state index contributed by atoms with van der Waals surface area (Å²) >= 11 is 0. The molecule has 0 spiro atoms. The lowest BCUT2D eigenvalue weighted by molar-refractivity contribution is -0.117. The molecular weight excluding hydrogens is 254 g/mol. The molecule has 0 aliphatic carbocycles. The molecule has 1 aliphatic rings. The first-order valence-corrected chi connectivity index (χ1v) is 7.63. The van der Waals surface area contributed by atoms with Crippen LogP contribution in [0.5, 0.6) is 0 Å². The van der Waals surface area contributed by atoms with Crippen LogP contribution in [0.3, 0.4) is 0 Å². The minimum Gasteiger partial charge on any atom is -0.381 e. The fraction of sp³-hybridized carbons (Fsp3) is 0.800. The Labute approximate surface area is 121 Å². The zero-order valence-electron chi connectivity index (χ0n) is 12.9. The molecule has 0 saturated carbocycles. The van der Waals surface area contributed by atoms with Gasteiger partial charge in [-0.25, -0.2) is 4.98 Å². The summed E-state index contributed by atoms with van der Waals surface area (Å²) in [6.07, 6.45) is 3.65.